The van der Waals surface area contributed by atoms with Crippen molar-refractivity contribution < 1.29 is 27.8 Å². The number of nitrogens with one attached hydrogen (secondary N) is 1. The number of hydrogen-bond donors (Lipinski definition) is 3. The zero-order valence-corrected chi connectivity index (χ0v) is 20.2. The number of aromatic nitrogens is 2. The van der Waals surface area contributed by atoms with Gasteiger partial charge in [-0.25, -0.2) is 9.07 Å². The highest BCUT2D eigenvalue weighted by molar-refractivity contribution is 8.24. The van der Waals surface area contributed by atoms with Crippen molar-refractivity contribution in [1.82, 2.24) is 15.1 Å². The lowest BCUT2D eigenvalue weighted by Gasteiger charge is -2.30. The van der Waals surface area contributed by atoms with E-state index in [4.69, 9.17) is 14.6 Å². The Labute approximate surface area is 208 Å². The van der Waals surface area contributed by atoms with Crippen molar-refractivity contribution in [3.63, 3.8) is 0 Å². The van der Waals surface area contributed by atoms with Crippen molar-refractivity contribution in [2.75, 3.05) is 18.3 Å². The van der Waals surface area contributed by atoms with Crippen LogP contribution in [-0.4, -0.2) is 48.6 Å². The summed E-state index contributed by atoms with van der Waals surface area (Å²) in [5, 5.41) is 8.60. The molecule has 3 N–H and O–H groups in total. The second-order valence-corrected chi connectivity index (χ2v) is 11.8. The minimum absolute atomic E-state index is 0.135. The SMILES string of the molecule is CC1(NC(=O)c2ccc3c(-c4ccc5c(c4)OCO5)nn(-c4ccc(F)cc4)c3c2)CCS(O)(O)C1. The molecule has 1 saturated heterocycles. The molecule has 1 unspecified atom stereocenters. The van der Waals surface area contributed by atoms with Crippen molar-refractivity contribution in [1.29, 1.82) is 0 Å². The number of nitrogens with zero attached hydrogens (tertiary/aromatic N) is 2. The Morgan fingerprint density at radius 2 is 1.86 bits per heavy atom. The van der Waals surface area contributed by atoms with E-state index in [0.29, 0.717) is 40.4 Å². The lowest BCUT2D eigenvalue weighted by atomic mass is 10.0. The summed E-state index contributed by atoms with van der Waals surface area (Å²) in [6.07, 6.45) is 0.491. The fourth-order valence-corrected chi connectivity index (χ4v) is 6.94. The van der Waals surface area contributed by atoms with E-state index in [1.807, 2.05) is 31.2 Å². The van der Waals surface area contributed by atoms with Crippen LogP contribution in [0.5, 0.6) is 11.5 Å². The Kier molecular flexibility index (Phi) is 5.22. The van der Waals surface area contributed by atoms with Crippen LogP contribution in [0.2, 0.25) is 0 Å². The highest BCUT2D eigenvalue weighted by Gasteiger charge is 2.39. The van der Waals surface area contributed by atoms with Crippen LogP contribution >= 0.6 is 10.6 Å². The smallest absolute Gasteiger partial charge is 0.251 e. The summed E-state index contributed by atoms with van der Waals surface area (Å²) >= 11 is 0. The van der Waals surface area contributed by atoms with Crippen LogP contribution in [0.3, 0.4) is 0 Å². The van der Waals surface area contributed by atoms with Gasteiger partial charge in [0.2, 0.25) is 6.79 Å². The Morgan fingerprint density at radius 1 is 1.08 bits per heavy atom. The predicted molar refractivity (Wildman–Crippen MR) is 136 cm³/mol. The minimum atomic E-state index is -2.67. The molecular formula is C26H24FN3O5S. The van der Waals surface area contributed by atoms with E-state index in [1.165, 1.54) is 12.1 Å². The molecule has 0 aliphatic carbocycles. The second-order valence-electron chi connectivity index (χ2n) is 9.45. The maximum absolute atomic E-state index is 13.6. The molecule has 6 rings (SSSR count). The number of halogens is 1. The van der Waals surface area contributed by atoms with Gasteiger partial charge in [-0.15, -0.1) is 0 Å². The normalized spacial score (nSPS) is 21.0. The van der Waals surface area contributed by atoms with Gasteiger partial charge in [-0.05, 0) is 74.0 Å². The first kappa shape index (κ1) is 22.8. The second kappa shape index (κ2) is 8.22. The largest absolute Gasteiger partial charge is 0.454 e. The number of fused-ring (bicyclic) bond motifs is 2. The predicted octanol–water partition coefficient (Wildman–Crippen LogP) is 5.20. The standard InChI is InChI=1S/C26H24FN3O5S/c1-26(10-11-36(32,33)14-26)28-25(31)17-2-8-20-21(12-17)30(19-6-4-18(27)5-7-19)29-24(20)16-3-9-22-23(13-16)35-15-34-22/h2-9,12-13,32-33H,10-11,14-15H2,1H3,(H,28,31). The summed E-state index contributed by atoms with van der Waals surface area (Å²) in [6.45, 7) is 1.99. The molecular weight excluding hydrogens is 485 g/mol. The van der Waals surface area contributed by atoms with Gasteiger partial charge < -0.3 is 14.8 Å². The molecule has 0 spiro atoms. The van der Waals surface area contributed by atoms with Crippen molar-refractivity contribution in [3.05, 3.63) is 72.0 Å². The molecule has 0 radical (unpaired) electrons. The monoisotopic (exact) mass is 509 g/mol. The van der Waals surface area contributed by atoms with E-state index in [1.54, 1.807) is 28.9 Å². The average Bonchev–Trinajstić information content (AvgIpc) is 3.53. The lowest BCUT2D eigenvalue weighted by molar-refractivity contribution is 0.0915. The molecule has 36 heavy (non-hydrogen) atoms. The summed E-state index contributed by atoms with van der Waals surface area (Å²) in [5.74, 6) is 1.03. The van der Waals surface area contributed by atoms with Gasteiger partial charge in [0.15, 0.2) is 11.5 Å². The number of rotatable bonds is 4. The summed E-state index contributed by atoms with van der Waals surface area (Å²) in [6, 6.07) is 16.9. The average molecular weight is 510 g/mol. The third-order valence-corrected chi connectivity index (χ3v) is 8.56. The zero-order valence-electron chi connectivity index (χ0n) is 19.4. The van der Waals surface area contributed by atoms with Gasteiger partial charge in [-0.2, -0.15) is 15.7 Å². The molecule has 2 aliphatic heterocycles. The molecule has 1 atom stereocenters. The van der Waals surface area contributed by atoms with Crippen LogP contribution in [0, 0.1) is 5.82 Å². The van der Waals surface area contributed by atoms with Crippen molar-refractivity contribution >= 4 is 27.4 Å². The lowest BCUT2D eigenvalue weighted by Crippen LogP contribution is -2.46. The van der Waals surface area contributed by atoms with E-state index in [9.17, 15) is 18.3 Å². The molecule has 1 fully saturated rings. The molecule has 3 heterocycles. The van der Waals surface area contributed by atoms with Crippen LogP contribution < -0.4 is 14.8 Å². The quantitative estimate of drug-likeness (QED) is 0.349. The third-order valence-electron chi connectivity index (χ3n) is 6.61. The van der Waals surface area contributed by atoms with Crippen LogP contribution in [0.15, 0.2) is 60.7 Å². The van der Waals surface area contributed by atoms with Gasteiger partial charge in [0.05, 0.1) is 22.5 Å². The fourth-order valence-electron chi connectivity index (χ4n) is 4.78. The first-order valence-electron chi connectivity index (χ1n) is 11.4. The van der Waals surface area contributed by atoms with Crippen molar-refractivity contribution in [2.24, 2.45) is 0 Å². The molecule has 1 aromatic heterocycles. The molecule has 0 saturated carbocycles. The van der Waals surface area contributed by atoms with E-state index in [0.717, 1.165) is 10.9 Å². The zero-order chi connectivity index (χ0) is 25.1. The number of ether oxygens (including phenoxy) is 2. The van der Waals surface area contributed by atoms with Crippen LogP contribution in [0.25, 0.3) is 27.8 Å². The number of carbonyl (C=O) groups excluding carboxylic acids is 1. The Hall–Kier alpha value is -3.60. The molecule has 186 valence electrons. The first-order chi connectivity index (χ1) is 17.2. The van der Waals surface area contributed by atoms with E-state index >= 15 is 0 Å². The molecule has 4 aromatic rings. The first-order valence-corrected chi connectivity index (χ1v) is 13.3. The summed E-state index contributed by atoms with van der Waals surface area (Å²) in [4.78, 5) is 13.2. The van der Waals surface area contributed by atoms with Gasteiger partial charge in [-0.1, -0.05) is 0 Å². The molecule has 1 amide bonds. The summed E-state index contributed by atoms with van der Waals surface area (Å²) in [7, 11) is -2.67. The van der Waals surface area contributed by atoms with Gasteiger partial charge >= 0.3 is 0 Å². The Balaban J connectivity index is 1.43. The van der Waals surface area contributed by atoms with Gasteiger partial charge in [-0.3, -0.25) is 13.9 Å². The molecule has 8 nitrogen and oxygen atoms in total. The van der Waals surface area contributed by atoms with E-state index in [2.05, 4.69) is 5.32 Å². The van der Waals surface area contributed by atoms with E-state index in [-0.39, 0.29) is 30.0 Å². The topological polar surface area (TPSA) is 106 Å². The van der Waals surface area contributed by atoms with E-state index < -0.39 is 16.1 Å². The maximum Gasteiger partial charge on any atom is 0.251 e. The molecule has 2 aliphatic rings. The van der Waals surface area contributed by atoms with Crippen molar-refractivity contribution in [2.45, 2.75) is 18.9 Å². The van der Waals surface area contributed by atoms with Crippen LogP contribution in [0.4, 0.5) is 4.39 Å². The number of benzene rings is 3. The Morgan fingerprint density at radius 3 is 2.61 bits per heavy atom. The summed E-state index contributed by atoms with van der Waals surface area (Å²) in [5.41, 5.74) is 2.51. The van der Waals surface area contributed by atoms with Gasteiger partial charge in [0.1, 0.15) is 11.5 Å². The fraction of sp³-hybridized carbons (Fsp3) is 0.231. The molecule has 3 aromatic carbocycles. The van der Waals surface area contributed by atoms with Gasteiger partial charge in [0.25, 0.3) is 5.91 Å². The molecule has 10 heteroatoms. The molecule has 0 bridgehead atoms. The third kappa shape index (κ3) is 4.06. The Bertz CT molecular complexity index is 1500. The maximum atomic E-state index is 13.6. The van der Waals surface area contributed by atoms with Crippen LogP contribution in [0.1, 0.15) is 23.7 Å². The minimum Gasteiger partial charge on any atom is -0.454 e. The van der Waals surface area contributed by atoms with Crippen LogP contribution in [-0.2, 0) is 0 Å². The number of amides is 1. The number of hydrogen-bond acceptors (Lipinski definition) is 6. The highest BCUT2D eigenvalue weighted by Crippen LogP contribution is 2.50. The van der Waals surface area contributed by atoms with Crippen molar-refractivity contribution in [3.8, 4) is 28.4 Å². The van der Waals surface area contributed by atoms with Gasteiger partial charge in [0, 0.05) is 22.3 Å². The highest BCUT2D eigenvalue weighted by atomic mass is 32.3. The number of carbonyl (C=O) groups is 1. The summed E-state index contributed by atoms with van der Waals surface area (Å²) < 4.78 is 46.3.